The van der Waals surface area contributed by atoms with E-state index in [0.717, 1.165) is 24.9 Å². The predicted octanol–water partition coefficient (Wildman–Crippen LogP) is 3.17. The van der Waals surface area contributed by atoms with E-state index in [1.54, 1.807) is 0 Å². The lowest BCUT2D eigenvalue weighted by Crippen LogP contribution is -2.55. The predicted molar refractivity (Wildman–Crippen MR) is 92.0 cm³/mol. The van der Waals surface area contributed by atoms with Crippen LogP contribution in [0.3, 0.4) is 0 Å². The molecule has 3 fully saturated rings. The summed E-state index contributed by atoms with van der Waals surface area (Å²) in [6.45, 7) is 5.52. The average Bonchev–Trinajstić information content (AvgIpc) is 3.07. The molecule has 0 amide bonds. The molecule has 0 spiro atoms. The van der Waals surface area contributed by atoms with Gasteiger partial charge in [0, 0.05) is 25.2 Å². The second-order valence-electron chi connectivity index (χ2n) is 8.24. The second-order valence-corrected chi connectivity index (χ2v) is 8.24. The number of nitrogens with one attached hydrogen (secondary N) is 1. The van der Waals surface area contributed by atoms with Crippen LogP contribution in [-0.4, -0.2) is 47.8 Å². The lowest BCUT2D eigenvalue weighted by molar-refractivity contribution is 0.0202. The largest absolute Gasteiger partial charge is 0.393 e. The highest BCUT2D eigenvalue weighted by Crippen LogP contribution is 2.29. The van der Waals surface area contributed by atoms with Crippen LogP contribution < -0.4 is 5.32 Å². The van der Waals surface area contributed by atoms with E-state index < -0.39 is 0 Å². The van der Waals surface area contributed by atoms with E-state index in [0.29, 0.717) is 12.0 Å². The number of hydrogen-bond acceptors (Lipinski definition) is 3. The Morgan fingerprint density at radius 2 is 1.68 bits per heavy atom. The molecule has 3 aliphatic rings. The standard InChI is InChI=1S/C19H36N2O/c1-15(22)17-11-18(20-12-16-7-5-6-8-16)14-21(13-17)19-9-3-2-4-10-19/h15-20,22H,2-14H2,1H3. The van der Waals surface area contributed by atoms with Crippen molar-refractivity contribution in [2.45, 2.75) is 89.3 Å². The van der Waals surface area contributed by atoms with Crippen LogP contribution in [0.4, 0.5) is 0 Å². The zero-order valence-corrected chi connectivity index (χ0v) is 14.5. The number of hydrogen-bond donors (Lipinski definition) is 2. The highest BCUT2D eigenvalue weighted by atomic mass is 16.3. The molecule has 1 saturated heterocycles. The van der Waals surface area contributed by atoms with Gasteiger partial charge in [-0.05, 0) is 57.4 Å². The first-order valence-corrected chi connectivity index (χ1v) is 9.88. The van der Waals surface area contributed by atoms with Gasteiger partial charge in [0.25, 0.3) is 0 Å². The van der Waals surface area contributed by atoms with Gasteiger partial charge in [0.1, 0.15) is 0 Å². The lowest BCUT2D eigenvalue weighted by atomic mass is 9.86. The van der Waals surface area contributed by atoms with Crippen LogP contribution in [0.2, 0.25) is 0 Å². The minimum atomic E-state index is -0.165. The van der Waals surface area contributed by atoms with Crippen LogP contribution in [-0.2, 0) is 0 Å². The molecule has 128 valence electrons. The summed E-state index contributed by atoms with van der Waals surface area (Å²) in [5.41, 5.74) is 0. The summed E-state index contributed by atoms with van der Waals surface area (Å²) >= 11 is 0. The van der Waals surface area contributed by atoms with Crippen molar-refractivity contribution < 1.29 is 5.11 Å². The number of likely N-dealkylation sites (tertiary alicyclic amines) is 1. The van der Waals surface area contributed by atoms with Crippen molar-refractivity contribution >= 4 is 0 Å². The van der Waals surface area contributed by atoms with Crippen molar-refractivity contribution in [3.05, 3.63) is 0 Å². The van der Waals surface area contributed by atoms with Gasteiger partial charge < -0.3 is 10.4 Å². The molecule has 1 aliphatic heterocycles. The molecule has 2 N–H and O–H groups in total. The monoisotopic (exact) mass is 308 g/mol. The topological polar surface area (TPSA) is 35.5 Å². The first-order chi connectivity index (χ1) is 10.7. The zero-order chi connectivity index (χ0) is 15.4. The molecule has 3 atom stereocenters. The van der Waals surface area contributed by atoms with Gasteiger partial charge in [0.05, 0.1) is 6.10 Å². The van der Waals surface area contributed by atoms with Gasteiger partial charge in [-0.25, -0.2) is 0 Å². The van der Waals surface area contributed by atoms with Crippen LogP contribution in [0.15, 0.2) is 0 Å². The molecule has 3 nitrogen and oxygen atoms in total. The van der Waals surface area contributed by atoms with E-state index >= 15 is 0 Å². The van der Waals surface area contributed by atoms with Gasteiger partial charge >= 0.3 is 0 Å². The maximum absolute atomic E-state index is 10.1. The fourth-order valence-electron chi connectivity index (χ4n) is 4.96. The third-order valence-electron chi connectivity index (χ3n) is 6.45. The van der Waals surface area contributed by atoms with Crippen LogP contribution in [0.5, 0.6) is 0 Å². The van der Waals surface area contributed by atoms with Crippen molar-refractivity contribution in [1.82, 2.24) is 10.2 Å². The number of aliphatic hydroxyl groups is 1. The quantitative estimate of drug-likeness (QED) is 0.819. The molecule has 3 rings (SSSR count). The minimum absolute atomic E-state index is 0.165. The first-order valence-electron chi connectivity index (χ1n) is 9.88. The molecular weight excluding hydrogens is 272 g/mol. The van der Waals surface area contributed by atoms with E-state index in [2.05, 4.69) is 10.2 Å². The molecule has 0 radical (unpaired) electrons. The fourth-order valence-corrected chi connectivity index (χ4v) is 4.96. The smallest absolute Gasteiger partial charge is 0.0553 e. The van der Waals surface area contributed by atoms with E-state index in [1.807, 2.05) is 6.92 Å². The number of rotatable bonds is 5. The highest BCUT2D eigenvalue weighted by molar-refractivity contribution is 4.90. The van der Waals surface area contributed by atoms with Crippen LogP contribution >= 0.6 is 0 Å². The van der Waals surface area contributed by atoms with Gasteiger partial charge in [-0.3, -0.25) is 4.90 Å². The molecular formula is C19H36N2O. The Hall–Kier alpha value is -0.120. The van der Waals surface area contributed by atoms with Crippen molar-refractivity contribution in [3.8, 4) is 0 Å². The molecule has 2 saturated carbocycles. The Morgan fingerprint density at radius 3 is 2.36 bits per heavy atom. The summed E-state index contributed by atoms with van der Waals surface area (Å²) in [4.78, 5) is 2.71. The maximum Gasteiger partial charge on any atom is 0.0553 e. The normalized spacial score (nSPS) is 34.1. The summed E-state index contributed by atoms with van der Waals surface area (Å²) in [7, 11) is 0. The third kappa shape index (κ3) is 4.46. The van der Waals surface area contributed by atoms with Crippen LogP contribution in [0.1, 0.15) is 71.1 Å². The molecule has 0 aromatic heterocycles. The number of aliphatic hydroxyl groups excluding tert-OH is 1. The molecule has 3 heteroatoms. The van der Waals surface area contributed by atoms with E-state index in [-0.39, 0.29) is 6.10 Å². The summed E-state index contributed by atoms with van der Waals surface area (Å²) in [5, 5.41) is 14.0. The molecule has 0 bridgehead atoms. The summed E-state index contributed by atoms with van der Waals surface area (Å²) < 4.78 is 0. The maximum atomic E-state index is 10.1. The van der Waals surface area contributed by atoms with Crippen LogP contribution in [0, 0.1) is 11.8 Å². The molecule has 1 heterocycles. The molecule has 0 aromatic rings. The SMILES string of the molecule is CC(O)C1CC(NCC2CCCC2)CN(C2CCCCC2)C1. The molecule has 2 aliphatic carbocycles. The fraction of sp³-hybridized carbons (Fsp3) is 1.00. The Balaban J connectivity index is 1.54. The van der Waals surface area contributed by atoms with E-state index in [4.69, 9.17) is 0 Å². The Bertz CT molecular complexity index is 321. The summed E-state index contributed by atoms with van der Waals surface area (Å²) in [6.07, 6.45) is 13.7. The second kappa shape index (κ2) is 8.12. The van der Waals surface area contributed by atoms with Gasteiger partial charge in [0.2, 0.25) is 0 Å². The summed E-state index contributed by atoms with van der Waals surface area (Å²) in [6, 6.07) is 1.38. The van der Waals surface area contributed by atoms with Crippen molar-refractivity contribution in [2.75, 3.05) is 19.6 Å². The van der Waals surface area contributed by atoms with Gasteiger partial charge in [-0.2, -0.15) is 0 Å². The average molecular weight is 309 g/mol. The minimum Gasteiger partial charge on any atom is -0.393 e. The van der Waals surface area contributed by atoms with Gasteiger partial charge in [-0.1, -0.05) is 32.1 Å². The van der Waals surface area contributed by atoms with Crippen molar-refractivity contribution in [2.24, 2.45) is 11.8 Å². The number of piperidine rings is 1. The summed E-state index contributed by atoms with van der Waals surface area (Å²) in [5.74, 6) is 1.37. The molecule has 3 unspecified atom stereocenters. The Kier molecular flexibility index (Phi) is 6.17. The number of nitrogens with zero attached hydrogens (tertiary/aromatic N) is 1. The zero-order valence-electron chi connectivity index (χ0n) is 14.5. The van der Waals surface area contributed by atoms with Crippen LogP contribution in [0.25, 0.3) is 0 Å². The van der Waals surface area contributed by atoms with Crippen molar-refractivity contribution in [3.63, 3.8) is 0 Å². The van der Waals surface area contributed by atoms with Gasteiger partial charge in [0.15, 0.2) is 0 Å². The Labute approximate surface area is 136 Å². The third-order valence-corrected chi connectivity index (χ3v) is 6.45. The first kappa shape index (κ1) is 16.7. The van der Waals surface area contributed by atoms with Crippen molar-refractivity contribution in [1.29, 1.82) is 0 Å². The lowest BCUT2D eigenvalue weighted by Gasteiger charge is -2.44. The Morgan fingerprint density at radius 1 is 1.00 bits per heavy atom. The van der Waals surface area contributed by atoms with Gasteiger partial charge in [-0.15, -0.1) is 0 Å². The highest BCUT2D eigenvalue weighted by Gasteiger charge is 2.33. The molecule has 0 aromatic carbocycles. The van der Waals surface area contributed by atoms with E-state index in [9.17, 15) is 5.11 Å². The molecule has 22 heavy (non-hydrogen) atoms. The van der Waals surface area contributed by atoms with E-state index in [1.165, 1.54) is 70.9 Å².